The van der Waals surface area contributed by atoms with Crippen LogP contribution in [0.3, 0.4) is 0 Å². The van der Waals surface area contributed by atoms with Crippen LogP contribution in [0.4, 0.5) is 0 Å². The summed E-state index contributed by atoms with van der Waals surface area (Å²) in [6.07, 6.45) is 0.814. The molecule has 0 spiro atoms. The van der Waals surface area contributed by atoms with Crippen molar-refractivity contribution in [3.05, 3.63) is 53.0 Å². The molecule has 0 N–H and O–H groups in total. The fourth-order valence-electron chi connectivity index (χ4n) is 1.70. The molecule has 0 amide bonds. The molecule has 2 aromatic rings. The Labute approximate surface area is 127 Å². The third kappa shape index (κ3) is 4.46. The van der Waals surface area contributed by atoms with Crippen LogP contribution in [0.5, 0.6) is 17.2 Å². The van der Waals surface area contributed by atoms with E-state index in [1.807, 2.05) is 48.5 Å². The first-order valence-electron chi connectivity index (χ1n) is 6.44. The molecule has 0 heterocycles. The average Bonchev–Trinajstić information content (AvgIpc) is 2.49. The zero-order valence-electron chi connectivity index (χ0n) is 11.3. The van der Waals surface area contributed by atoms with E-state index in [0.717, 1.165) is 28.1 Å². The van der Waals surface area contributed by atoms with Crippen molar-refractivity contribution in [3.8, 4) is 17.2 Å². The molecule has 0 fully saturated rings. The quantitative estimate of drug-likeness (QED) is 0.705. The highest BCUT2D eigenvalue weighted by molar-refractivity contribution is 9.10. The Kier molecular flexibility index (Phi) is 5.74. The molecule has 0 bridgehead atoms. The summed E-state index contributed by atoms with van der Waals surface area (Å²) in [4.78, 5) is 0. The van der Waals surface area contributed by atoms with Crippen LogP contribution >= 0.6 is 15.9 Å². The topological polar surface area (TPSA) is 27.7 Å². The molecule has 106 valence electrons. The van der Waals surface area contributed by atoms with Crippen molar-refractivity contribution in [2.45, 2.75) is 6.42 Å². The second-order valence-corrected chi connectivity index (χ2v) is 5.07. The van der Waals surface area contributed by atoms with Crippen LogP contribution < -0.4 is 14.2 Å². The van der Waals surface area contributed by atoms with Gasteiger partial charge >= 0.3 is 0 Å². The molecule has 2 aromatic carbocycles. The summed E-state index contributed by atoms with van der Waals surface area (Å²) >= 11 is 3.39. The summed E-state index contributed by atoms with van der Waals surface area (Å²) in [5, 5.41) is 0. The summed E-state index contributed by atoms with van der Waals surface area (Å²) in [6, 6.07) is 15.4. The first kappa shape index (κ1) is 14.7. The number of ether oxygens (including phenoxy) is 3. The van der Waals surface area contributed by atoms with Crippen molar-refractivity contribution in [1.29, 1.82) is 0 Å². The molecule has 3 nitrogen and oxygen atoms in total. The summed E-state index contributed by atoms with van der Waals surface area (Å²) in [5.41, 5.74) is 0. The third-order valence-corrected chi connectivity index (χ3v) is 3.23. The lowest BCUT2D eigenvalue weighted by Gasteiger charge is -2.10. The summed E-state index contributed by atoms with van der Waals surface area (Å²) in [5.74, 6) is 2.38. The Bertz CT molecular complexity index is 526. The van der Waals surface area contributed by atoms with Gasteiger partial charge in [-0.05, 0) is 36.4 Å². The van der Waals surface area contributed by atoms with Crippen molar-refractivity contribution in [2.24, 2.45) is 0 Å². The second kappa shape index (κ2) is 7.80. The molecule has 20 heavy (non-hydrogen) atoms. The highest BCUT2D eigenvalue weighted by atomic mass is 79.9. The molecular weight excluding hydrogens is 320 g/mol. The number of rotatable bonds is 7. The zero-order chi connectivity index (χ0) is 14.2. The average molecular weight is 337 g/mol. The molecule has 4 heteroatoms. The van der Waals surface area contributed by atoms with Crippen LogP contribution in [0.2, 0.25) is 0 Å². The second-order valence-electron chi connectivity index (χ2n) is 4.16. The summed E-state index contributed by atoms with van der Waals surface area (Å²) < 4.78 is 17.6. The van der Waals surface area contributed by atoms with E-state index in [4.69, 9.17) is 14.2 Å². The predicted molar refractivity (Wildman–Crippen MR) is 82.7 cm³/mol. The SMILES string of the molecule is COc1ccccc1OCCCOc1ccc(Br)cc1. The number of hydrogen-bond acceptors (Lipinski definition) is 3. The van der Waals surface area contributed by atoms with Crippen LogP contribution in [0.1, 0.15) is 6.42 Å². The van der Waals surface area contributed by atoms with E-state index in [1.54, 1.807) is 7.11 Å². The monoisotopic (exact) mass is 336 g/mol. The van der Waals surface area contributed by atoms with Crippen molar-refractivity contribution in [1.82, 2.24) is 0 Å². The fraction of sp³-hybridized carbons (Fsp3) is 0.250. The van der Waals surface area contributed by atoms with Gasteiger partial charge in [-0.15, -0.1) is 0 Å². The lowest BCUT2D eigenvalue weighted by atomic mass is 10.3. The Balaban J connectivity index is 1.70. The minimum absolute atomic E-state index is 0.594. The van der Waals surface area contributed by atoms with Gasteiger partial charge in [-0.1, -0.05) is 28.1 Å². The number of hydrogen-bond donors (Lipinski definition) is 0. The highest BCUT2D eigenvalue weighted by Gasteiger charge is 2.02. The van der Waals surface area contributed by atoms with Gasteiger partial charge in [-0.3, -0.25) is 0 Å². The minimum atomic E-state index is 0.594. The molecule has 0 saturated carbocycles. The van der Waals surface area contributed by atoms with Gasteiger partial charge in [-0.25, -0.2) is 0 Å². The van der Waals surface area contributed by atoms with Gasteiger partial charge in [0.1, 0.15) is 5.75 Å². The van der Waals surface area contributed by atoms with Gasteiger partial charge in [0.15, 0.2) is 11.5 Å². The maximum Gasteiger partial charge on any atom is 0.161 e. The number of halogens is 1. The molecule has 2 rings (SSSR count). The molecule has 0 atom stereocenters. The molecule has 0 aromatic heterocycles. The van der Waals surface area contributed by atoms with Crippen LogP contribution in [0, 0.1) is 0 Å². The Morgan fingerprint density at radius 2 is 1.50 bits per heavy atom. The van der Waals surface area contributed by atoms with Gasteiger partial charge in [-0.2, -0.15) is 0 Å². The van der Waals surface area contributed by atoms with Gasteiger partial charge in [0.2, 0.25) is 0 Å². The molecule has 0 aliphatic heterocycles. The normalized spacial score (nSPS) is 10.1. The van der Waals surface area contributed by atoms with Crippen molar-refractivity contribution in [3.63, 3.8) is 0 Å². The number of benzene rings is 2. The first-order valence-corrected chi connectivity index (χ1v) is 7.23. The zero-order valence-corrected chi connectivity index (χ0v) is 12.9. The lowest BCUT2D eigenvalue weighted by molar-refractivity contribution is 0.240. The molecular formula is C16H17BrO3. The number of methoxy groups -OCH3 is 1. The van der Waals surface area contributed by atoms with E-state index >= 15 is 0 Å². The van der Waals surface area contributed by atoms with Crippen molar-refractivity contribution in [2.75, 3.05) is 20.3 Å². The standard InChI is InChI=1S/C16H17BrO3/c1-18-15-5-2-3-6-16(15)20-12-4-11-19-14-9-7-13(17)8-10-14/h2-3,5-10H,4,11-12H2,1H3. The van der Waals surface area contributed by atoms with E-state index in [9.17, 15) is 0 Å². The lowest BCUT2D eigenvalue weighted by Crippen LogP contribution is -2.05. The first-order chi connectivity index (χ1) is 9.79. The van der Waals surface area contributed by atoms with E-state index in [0.29, 0.717) is 13.2 Å². The minimum Gasteiger partial charge on any atom is -0.493 e. The molecule has 0 aliphatic carbocycles. The van der Waals surface area contributed by atoms with E-state index < -0.39 is 0 Å². The van der Waals surface area contributed by atoms with E-state index in [2.05, 4.69) is 15.9 Å². The van der Waals surface area contributed by atoms with Crippen LogP contribution in [0.15, 0.2) is 53.0 Å². The van der Waals surface area contributed by atoms with Crippen LogP contribution in [-0.2, 0) is 0 Å². The fourth-order valence-corrected chi connectivity index (χ4v) is 1.96. The summed E-state index contributed by atoms with van der Waals surface area (Å²) in [6.45, 7) is 1.22. The third-order valence-electron chi connectivity index (χ3n) is 2.70. The van der Waals surface area contributed by atoms with Crippen molar-refractivity contribution < 1.29 is 14.2 Å². The van der Waals surface area contributed by atoms with E-state index in [-0.39, 0.29) is 0 Å². The van der Waals surface area contributed by atoms with Gasteiger partial charge < -0.3 is 14.2 Å². The molecule has 0 saturated heterocycles. The molecule has 0 unspecified atom stereocenters. The van der Waals surface area contributed by atoms with Crippen molar-refractivity contribution >= 4 is 15.9 Å². The largest absolute Gasteiger partial charge is 0.493 e. The maximum atomic E-state index is 5.67. The van der Waals surface area contributed by atoms with Crippen LogP contribution in [-0.4, -0.2) is 20.3 Å². The molecule has 0 aliphatic rings. The van der Waals surface area contributed by atoms with E-state index in [1.165, 1.54) is 0 Å². The van der Waals surface area contributed by atoms with Crippen LogP contribution in [0.25, 0.3) is 0 Å². The maximum absolute atomic E-state index is 5.67. The Hall–Kier alpha value is -1.68. The Morgan fingerprint density at radius 1 is 0.850 bits per heavy atom. The van der Waals surface area contributed by atoms with Gasteiger partial charge in [0.05, 0.1) is 20.3 Å². The highest BCUT2D eigenvalue weighted by Crippen LogP contribution is 2.25. The number of para-hydroxylation sites is 2. The predicted octanol–water partition coefficient (Wildman–Crippen LogP) is 4.31. The van der Waals surface area contributed by atoms with Gasteiger partial charge in [0.25, 0.3) is 0 Å². The Morgan fingerprint density at radius 3 is 2.20 bits per heavy atom. The molecule has 0 radical (unpaired) electrons. The van der Waals surface area contributed by atoms with Gasteiger partial charge in [0, 0.05) is 10.9 Å². The summed E-state index contributed by atoms with van der Waals surface area (Å²) in [7, 11) is 1.64. The smallest absolute Gasteiger partial charge is 0.161 e.